The second-order valence-corrected chi connectivity index (χ2v) is 8.83. The lowest BCUT2D eigenvalue weighted by atomic mass is 9.48. The molecule has 3 heteroatoms. The molecule has 0 heterocycles. The number of carbonyl (C=O) groups excluding carboxylic acids is 1. The molecule has 0 spiro atoms. The molecule has 0 atom stereocenters. The molecule has 0 radical (unpaired) electrons. The average Bonchev–Trinajstić information content (AvgIpc) is 2.53. The summed E-state index contributed by atoms with van der Waals surface area (Å²) in [6, 6.07) is 8.52. The van der Waals surface area contributed by atoms with Crippen molar-refractivity contribution in [2.75, 3.05) is 7.11 Å². The second-order valence-electron chi connectivity index (χ2n) is 8.83. The van der Waals surface area contributed by atoms with Gasteiger partial charge in [-0.15, -0.1) is 0 Å². The van der Waals surface area contributed by atoms with Gasteiger partial charge in [0.1, 0.15) is 5.75 Å². The number of rotatable bonds is 4. The van der Waals surface area contributed by atoms with E-state index in [2.05, 4.69) is 12.1 Å². The summed E-state index contributed by atoms with van der Waals surface area (Å²) in [6.45, 7) is 3.48. The van der Waals surface area contributed by atoms with Crippen LogP contribution in [0.25, 0.3) is 0 Å². The fourth-order valence-corrected chi connectivity index (χ4v) is 5.92. The molecule has 0 saturated heterocycles. The van der Waals surface area contributed by atoms with E-state index in [1.807, 2.05) is 12.1 Å². The summed E-state index contributed by atoms with van der Waals surface area (Å²) in [7, 11) is 1.39. The molecule has 0 amide bonds. The zero-order chi connectivity index (χ0) is 16.9. The van der Waals surface area contributed by atoms with Crippen molar-refractivity contribution in [3.8, 4) is 5.75 Å². The Balaban J connectivity index is 1.53. The van der Waals surface area contributed by atoms with E-state index in [4.69, 9.17) is 9.47 Å². The summed E-state index contributed by atoms with van der Waals surface area (Å²) < 4.78 is 10.7. The van der Waals surface area contributed by atoms with Crippen molar-refractivity contribution >= 4 is 5.97 Å². The lowest BCUT2D eigenvalue weighted by Gasteiger charge is -2.57. The van der Waals surface area contributed by atoms with Gasteiger partial charge in [0.25, 0.3) is 0 Å². The van der Waals surface area contributed by atoms with Crippen LogP contribution in [0, 0.1) is 17.8 Å². The maximum absolute atomic E-state index is 11.8. The summed E-state index contributed by atoms with van der Waals surface area (Å²) >= 11 is 0. The Bertz CT molecular complexity index is 594. The maximum atomic E-state index is 11.8. The summed E-state index contributed by atoms with van der Waals surface area (Å²) in [5.41, 5.74) is 0.923. The zero-order valence-corrected chi connectivity index (χ0v) is 15.0. The molecule has 3 nitrogen and oxygen atoms in total. The topological polar surface area (TPSA) is 35.5 Å². The molecular formula is C21H28O3. The van der Waals surface area contributed by atoms with Crippen LogP contribution >= 0.6 is 0 Å². The molecule has 5 rings (SSSR count). The minimum Gasteiger partial charge on any atom is -0.476 e. The van der Waals surface area contributed by atoms with Crippen molar-refractivity contribution in [1.29, 1.82) is 0 Å². The number of hydrogen-bond acceptors (Lipinski definition) is 3. The molecule has 1 aromatic rings. The number of esters is 1. The van der Waals surface area contributed by atoms with E-state index in [0.29, 0.717) is 5.41 Å². The molecule has 0 N–H and O–H groups in total. The number of ether oxygens (including phenoxy) is 2. The smallest absolute Gasteiger partial charge is 0.349 e. The number of methoxy groups -OCH3 is 1. The van der Waals surface area contributed by atoms with Gasteiger partial charge in [-0.05, 0) is 93.2 Å². The number of hydrogen-bond donors (Lipinski definition) is 0. The van der Waals surface area contributed by atoms with Crippen LogP contribution in [0.1, 0.15) is 57.9 Å². The molecule has 1 aromatic carbocycles. The standard InChI is InChI=1S/C21H28O3/c1-20(2,19(22)23-3)24-18-6-4-17(5-7-18)21-11-14-8-15(12-21)10-16(9-14)13-21/h4-7,14-16H,8-13H2,1-3H3. The fraction of sp³-hybridized carbons (Fsp3) is 0.667. The van der Waals surface area contributed by atoms with Crippen LogP contribution in [0.3, 0.4) is 0 Å². The van der Waals surface area contributed by atoms with Gasteiger partial charge in [-0.1, -0.05) is 12.1 Å². The Morgan fingerprint density at radius 3 is 1.96 bits per heavy atom. The third-order valence-electron chi connectivity index (χ3n) is 6.55. The quantitative estimate of drug-likeness (QED) is 0.764. The van der Waals surface area contributed by atoms with Gasteiger partial charge in [-0.2, -0.15) is 0 Å². The average molecular weight is 328 g/mol. The predicted molar refractivity (Wildman–Crippen MR) is 93.0 cm³/mol. The summed E-state index contributed by atoms with van der Waals surface area (Å²) in [6.07, 6.45) is 8.50. The van der Waals surface area contributed by atoms with Crippen LogP contribution in [0.15, 0.2) is 24.3 Å². The van der Waals surface area contributed by atoms with Crippen molar-refractivity contribution in [2.45, 2.75) is 63.4 Å². The second kappa shape index (κ2) is 5.50. The van der Waals surface area contributed by atoms with E-state index in [1.54, 1.807) is 13.8 Å². The van der Waals surface area contributed by atoms with Gasteiger partial charge < -0.3 is 9.47 Å². The summed E-state index contributed by atoms with van der Waals surface area (Å²) in [5.74, 6) is 3.23. The van der Waals surface area contributed by atoms with E-state index in [0.717, 1.165) is 23.5 Å². The van der Waals surface area contributed by atoms with Gasteiger partial charge in [-0.25, -0.2) is 4.79 Å². The minimum atomic E-state index is -0.961. The van der Waals surface area contributed by atoms with Crippen molar-refractivity contribution in [3.63, 3.8) is 0 Å². The Morgan fingerprint density at radius 1 is 1.00 bits per heavy atom. The highest BCUT2D eigenvalue weighted by atomic mass is 16.6. The molecular weight excluding hydrogens is 300 g/mol. The minimum absolute atomic E-state index is 0.354. The third-order valence-corrected chi connectivity index (χ3v) is 6.55. The number of carbonyl (C=O) groups is 1. The van der Waals surface area contributed by atoms with Crippen LogP contribution < -0.4 is 4.74 Å². The summed E-state index contributed by atoms with van der Waals surface area (Å²) in [5, 5.41) is 0. The predicted octanol–water partition coefficient (Wildman–Crippen LogP) is 4.48. The first-order valence-corrected chi connectivity index (χ1v) is 9.28. The van der Waals surface area contributed by atoms with Crippen LogP contribution in [0.4, 0.5) is 0 Å². The Kier molecular flexibility index (Phi) is 3.67. The molecule has 4 aliphatic carbocycles. The molecule has 0 unspecified atom stereocenters. The number of benzene rings is 1. The molecule has 4 saturated carbocycles. The lowest BCUT2D eigenvalue weighted by molar-refractivity contribution is -0.156. The van der Waals surface area contributed by atoms with E-state index >= 15 is 0 Å². The van der Waals surface area contributed by atoms with Crippen LogP contribution in [0.5, 0.6) is 5.75 Å². The van der Waals surface area contributed by atoms with Gasteiger partial charge >= 0.3 is 5.97 Å². The van der Waals surface area contributed by atoms with Crippen LogP contribution in [-0.2, 0) is 14.9 Å². The highest BCUT2D eigenvalue weighted by Gasteiger charge is 2.51. The molecule has 4 fully saturated rings. The maximum Gasteiger partial charge on any atom is 0.349 e. The van der Waals surface area contributed by atoms with Crippen molar-refractivity contribution in [1.82, 2.24) is 0 Å². The SMILES string of the molecule is COC(=O)C(C)(C)Oc1ccc(C23CC4CC(CC(C4)C2)C3)cc1. The van der Waals surface area contributed by atoms with Crippen LogP contribution in [-0.4, -0.2) is 18.7 Å². The highest BCUT2D eigenvalue weighted by Crippen LogP contribution is 2.60. The first-order chi connectivity index (χ1) is 11.4. The van der Waals surface area contributed by atoms with Gasteiger partial charge in [0.05, 0.1) is 7.11 Å². The largest absolute Gasteiger partial charge is 0.476 e. The molecule has 24 heavy (non-hydrogen) atoms. The third kappa shape index (κ3) is 2.62. The first kappa shape index (κ1) is 16.0. The van der Waals surface area contributed by atoms with Crippen molar-refractivity contribution in [3.05, 3.63) is 29.8 Å². The molecule has 130 valence electrons. The van der Waals surface area contributed by atoms with Crippen molar-refractivity contribution < 1.29 is 14.3 Å². The Hall–Kier alpha value is -1.51. The molecule has 4 aliphatic rings. The van der Waals surface area contributed by atoms with Gasteiger partial charge in [0.15, 0.2) is 5.60 Å². The molecule has 4 bridgehead atoms. The molecule has 0 aromatic heterocycles. The van der Waals surface area contributed by atoms with E-state index < -0.39 is 5.60 Å². The Morgan fingerprint density at radius 2 is 1.50 bits per heavy atom. The normalized spacial score (nSPS) is 34.2. The van der Waals surface area contributed by atoms with Gasteiger partial charge in [0, 0.05) is 0 Å². The fourth-order valence-electron chi connectivity index (χ4n) is 5.92. The zero-order valence-electron chi connectivity index (χ0n) is 15.0. The van der Waals surface area contributed by atoms with Crippen molar-refractivity contribution in [2.24, 2.45) is 17.8 Å². The molecule has 0 aliphatic heterocycles. The highest BCUT2D eigenvalue weighted by molar-refractivity contribution is 5.78. The van der Waals surface area contributed by atoms with Gasteiger partial charge in [0.2, 0.25) is 0 Å². The van der Waals surface area contributed by atoms with E-state index in [1.165, 1.54) is 51.2 Å². The van der Waals surface area contributed by atoms with Crippen LogP contribution in [0.2, 0.25) is 0 Å². The Labute approximate surface area is 144 Å². The lowest BCUT2D eigenvalue weighted by Crippen LogP contribution is -2.48. The van der Waals surface area contributed by atoms with E-state index in [-0.39, 0.29) is 5.97 Å². The summed E-state index contributed by atoms with van der Waals surface area (Å²) in [4.78, 5) is 11.8. The van der Waals surface area contributed by atoms with E-state index in [9.17, 15) is 4.79 Å². The van der Waals surface area contributed by atoms with Gasteiger partial charge in [-0.3, -0.25) is 0 Å². The first-order valence-electron chi connectivity index (χ1n) is 9.28. The monoisotopic (exact) mass is 328 g/mol.